The minimum atomic E-state index is -0.0967. The molecule has 3 heterocycles. The number of ether oxygens (including phenoxy) is 2. The second-order valence-electron chi connectivity index (χ2n) is 5.91. The molecule has 0 radical (unpaired) electrons. The Bertz CT molecular complexity index is 971. The number of hydrogen-bond acceptors (Lipinski definition) is 4. The molecular weight excluding hydrogens is 336 g/mol. The zero-order valence-electron chi connectivity index (χ0n) is 13.9. The van der Waals surface area contributed by atoms with Gasteiger partial charge in [0.25, 0.3) is 5.91 Å². The molecule has 3 aromatic rings. The molecule has 4 rings (SSSR count). The van der Waals surface area contributed by atoms with Crippen molar-refractivity contribution >= 4 is 27.5 Å². The summed E-state index contributed by atoms with van der Waals surface area (Å²) in [6.45, 7) is 7.16. The molecule has 1 amide bonds. The van der Waals surface area contributed by atoms with Crippen molar-refractivity contribution in [2.75, 3.05) is 6.79 Å². The molecule has 0 saturated carbocycles. The van der Waals surface area contributed by atoms with Crippen LogP contribution in [-0.2, 0) is 13.1 Å². The van der Waals surface area contributed by atoms with Crippen molar-refractivity contribution in [1.29, 1.82) is 0 Å². The fourth-order valence-electron chi connectivity index (χ4n) is 3.00. The maximum Gasteiger partial charge on any atom is 0.268 e. The molecule has 0 atom stereocenters. The van der Waals surface area contributed by atoms with E-state index < -0.39 is 0 Å². The zero-order chi connectivity index (χ0) is 17.4. The van der Waals surface area contributed by atoms with E-state index in [1.54, 1.807) is 17.4 Å². The van der Waals surface area contributed by atoms with Crippen molar-refractivity contribution in [3.05, 3.63) is 59.1 Å². The molecule has 0 spiro atoms. The highest BCUT2D eigenvalue weighted by Gasteiger charge is 2.17. The number of carbonyl (C=O) groups excluding carboxylic acids is 1. The topological polar surface area (TPSA) is 52.5 Å². The lowest BCUT2D eigenvalue weighted by molar-refractivity contribution is 0.0942. The van der Waals surface area contributed by atoms with Crippen LogP contribution in [-0.4, -0.2) is 17.3 Å². The number of thiophene rings is 1. The van der Waals surface area contributed by atoms with Gasteiger partial charge in [-0.2, -0.15) is 0 Å². The molecule has 0 unspecified atom stereocenters. The van der Waals surface area contributed by atoms with E-state index >= 15 is 0 Å². The smallest absolute Gasteiger partial charge is 0.268 e. The third kappa shape index (κ3) is 2.89. The maximum absolute atomic E-state index is 12.7. The van der Waals surface area contributed by atoms with E-state index in [-0.39, 0.29) is 12.7 Å². The summed E-state index contributed by atoms with van der Waals surface area (Å²) >= 11 is 1.69. The molecule has 0 bridgehead atoms. The quantitative estimate of drug-likeness (QED) is 0.708. The Kier molecular flexibility index (Phi) is 3.97. The molecule has 128 valence electrons. The van der Waals surface area contributed by atoms with Gasteiger partial charge in [-0.3, -0.25) is 4.79 Å². The Morgan fingerprint density at radius 3 is 3.00 bits per heavy atom. The van der Waals surface area contributed by atoms with Crippen LogP contribution in [0.4, 0.5) is 0 Å². The highest BCUT2D eigenvalue weighted by Crippen LogP contribution is 2.32. The normalized spacial score (nSPS) is 12.5. The van der Waals surface area contributed by atoms with Crippen LogP contribution >= 0.6 is 11.3 Å². The van der Waals surface area contributed by atoms with Gasteiger partial charge in [-0.1, -0.05) is 12.1 Å². The van der Waals surface area contributed by atoms with E-state index in [0.29, 0.717) is 18.8 Å². The molecule has 5 nitrogen and oxygen atoms in total. The summed E-state index contributed by atoms with van der Waals surface area (Å²) in [4.78, 5) is 13.9. The zero-order valence-corrected chi connectivity index (χ0v) is 14.7. The summed E-state index contributed by atoms with van der Waals surface area (Å²) in [7, 11) is 0. The number of carbonyl (C=O) groups is 1. The molecule has 6 heteroatoms. The number of aryl methyl sites for hydroxylation is 1. The lowest BCUT2D eigenvalue weighted by atomic mass is 10.2. The van der Waals surface area contributed by atoms with Crippen molar-refractivity contribution in [2.45, 2.75) is 20.0 Å². The molecule has 0 fully saturated rings. The van der Waals surface area contributed by atoms with Crippen LogP contribution in [0, 0.1) is 6.92 Å². The van der Waals surface area contributed by atoms with Gasteiger partial charge in [-0.15, -0.1) is 17.9 Å². The predicted octanol–water partition coefficient (Wildman–Crippen LogP) is 3.86. The summed E-state index contributed by atoms with van der Waals surface area (Å²) < 4.78 is 13.8. The SMILES string of the molecule is C=CCn1c(C(=O)NCc2ccc3c(c2)OCO3)cc2sc(C)cc21. The lowest BCUT2D eigenvalue weighted by Crippen LogP contribution is -2.25. The first-order chi connectivity index (χ1) is 12.2. The number of nitrogens with zero attached hydrogens (tertiary/aromatic N) is 1. The monoisotopic (exact) mass is 354 g/mol. The number of allylic oxidation sites excluding steroid dienone is 1. The maximum atomic E-state index is 12.7. The van der Waals surface area contributed by atoms with Gasteiger partial charge in [-0.05, 0) is 36.8 Å². The highest BCUT2D eigenvalue weighted by molar-refractivity contribution is 7.19. The fraction of sp³-hybridized carbons (Fsp3) is 0.211. The highest BCUT2D eigenvalue weighted by atomic mass is 32.1. The number of nitrogens with one attached hydrogen (secondary N) is 1. The Labute approximate surface area is 149 Å². The second kappa shape index (κ2) is 6.29. The molecule has 2 aromatic heterocycles. The van der Waals surface area contributed by atoms with Gasteiger partial charge in [0.2, 0.25) is 6.79 Å². The molecule has 0 saturated heterocycles. The minimum Gasteiger partial charge on any atom is -0.454 e. The van der Waals surface area contributed by atoms with Crippen molar-refractivity contribution in [3.8, 4) is 11.5 Å². The summed E-state index contributed by atoms with van der Waals surface area (Å²) in [6.07, 6.45) is 1.81. The van der Waals surface area contributed by atoms with E-state index in [2.05, 4.69) is 24.9 Å². The average Bonchev–Trinajstić information content (AvgIpc) is 3.28. The van der Waals surface area contributed by atoms with Gasteiger partial charge in [-0.25, -0.2) is 0 Å². The first-order valence-corrected chi connectivity index (χ1v) is 8.84. The van der Waals surface area contributed by atoms with Crippen LogP contribution in [0.5, 0.6) is 11.5 Å². The number of fused-ring (bicyclic) bond motifs is 2. The number of amides is 1. The largest absolute Gasteiger partial charge is 0.454 e. The first kappa shape index (κ1) is 15.8. The minimum absolute atomic E-state index is 0.0967. The fourth-order valence-corrected chi connectivity index (χ4v) is 3.96. The van der Waals surface area contributed by atoms with Crippen LogP contribution in [0.25, 0.3) is 10.2 Å². The molecule has 1 aromatic carbocycles. The summed E-state index contributed by atoms with van der Waals surface area (Å²) in [5, 5.41) is 2.98. The number of benzene rings is 1. The van der Waals surface area contributed by atoms with Crippen LogP contribution < -0.4 is 14.8 Å². The van der Waals surface area contributed by atoms with E-state index in [4.69, 9.17) is 9.47 Å². The Morgan fingerprint density at radius 1 is 1.32 bits per heavy atom. The van der Waals surface area contributed by atoms with Crippen LogP contribution in [0.1, 0.15) is 20.9 Å². The van der Waals surface area contributed by atoms with Gasteiger partial charge >= 0.3 is 0 Å². The molecular formula is C19H18N2O3S. The molecule has 0 aliphatic carbocycles. The van der Waals surface area contributed by atoms with Gasteiger partial charge in [0.1, 0.15) is 5.69 Å². The van der Waals surface area contributed by atoms with Crippen LogP contribution in [0.3, 0.4) is 0 Å². The third-order valence-electron chi connectivity index (χ3n) is 4.15. The number of hydrogen-bond donors (Lipinski definition) is 1. The Morgan fingerprint density at radius 2 is 2.16 bits per heavy atom. The lowest BCUT2D eigenvalue weighted by Gasteiger charge is -2.09. The van der Waals surface area contributed by atoms with Crippen LogP contribution in [0.2, 0.25) is 0 Å². The van der Waals surface area contributed by atoms with Gasteiger partial charge in [0, 0.05) is 18.0 Å². The van der Waals surface area contributed by atoms with Gasteiger partial charge < -0.3 is 19.4 Å². The molecule has 25 heavy (non-hydrogen) atoms. The number of aromatic nitrogens is 1. The summed E-state index contributed by atoms with van der Waals surface area (Å²) in [5.41, 5.74) is 2.70. The van der Waals surface area contributed by atoms with Crippen molar-refractivity contribution in [1.82, 2.24) is 9.88 Å². The molecule has 1 aliphatic heterocycles. The predicted molar refractivity (Wildman–Crippen MR) is 98.5 cm³/mol. The van der Waals surface area contributed by atoms with Gasteiger partial charge in [0.15, 0.2) is 11.5 Å². The van der Waals surface area contributed by atoms with E-state index in [1.165, 1.54) is 4.88 Å². The Hall–Kier alpha value is -2.73. The van der Waals surface area contributed by atoms with E-state index in [1.807, 2.05) is 28.8 Å². The van der Waals surface area contributed by atoms with Crippen LogP contribution in [0.15, 0.2) is 43.0 Å². The van der Waals surface area contributed by atoms with Crippen molar-refractivity contribution < 1.29 is 14.3 Å². The van der Waals surface area contributed by atoms with Crippen molar-refractivity contribution in [2.24, 2.45) is 0 Å². The van der Waals surface area contributed by atoms with Gasteiger partial charge in [0.05, 0.1) is 10.2 Å². The van der Waals surface area contributed by atoms with E-state index in [0.717, 1.165) is 27.3 Å². The number of rotatable bonds is 5. The standard InChI is InChI=1S/C19H18N2O3S/c1-3-6-21-14-7-12(2)25-18(14)9-15(21)19(22)20-10-13-4-5-16-17(8-13)24-11-23-16/h3-5,7-9H,1,6,10-11H2,2H3,(H,20,22). The third-order valence-corrected chi connectivity index (χ3v) is 5.13. The summed E-state index contributed by atoms with van der Waals surface area (Å²) in [5.74, 6) is 1.36. The van der Waals surface area contributed by atoms with E-state index in [9.17, 15) is 4.79 Å². The summed E-state index contributed by atoms with van der Waals surface area (Å²) in [6, 6.07) is 9.75. The average molecular weight is 354 g/mol. The van der Waals surface area contributed by atoms with Crippen molar-refractivity contribution in [3.63, 3.8) is 0 Å². The second-order valence-corrected chi connectivity index (χ2v) is 7.19. The first-order valence-electron chi connectivity index (χ1n) is 8.03. The Balaban J connectivity index is 1.54. The molecule has 1 aliphatic rings. The molecule has 1 N–H and O–H groups in total.